The second kappa shape index (κ2) is 7.17. The molecule has 6 nitrogen and oxygen atoms in total. The Labute approximate surface area is 153 Å². The summed E-state index contributed by atoms with van der Waals surface area (Å²) >= 11 is 0. The lowest BCUT2D eigenvalue weighted by molar-refractivity contribution is 0.321. The molecular formula is C20H24N4O2. The van der Waals surface area contributed by atoms with E-state index in [0.29, 0.717) is 23.1 Å². The summed E-state index contributed by atoms with van der Waals surface area (Å²) in [5, 5.41) is 0.740. The van der Waals surface area contributed by atoms with Gasteiger partial charge in [-0.3, -0.25) is 0 Å². The number of nitrogen functional groups attached to an aromatic ring is 1. The van der Waals surface area contributed by atoms with E-state index < -0.39 is 0 Å². The molecule has 0 fully saturated rings. The van der Waals surface area contributed by atoms with Crippen LogP contribution in [0.25, 0.3) is 22.3 Å². The summed E-state index contributed by atoms with van der Waals surface area (Å²) in [6.45, 7) is 2.16. The van der Waals surface area contributed by atoms with Gasteiger partial charge in [0.25, 0.3) is 0 Å². The van der Waals surface area contributed by atoms with Crippen LogP contribution in [0.5, 0.6) is 11.5 Å². The van der Waals surface area contributed by atoms with Gasteiger partial charge in [-0.1, -0.05) is 18.2 Å². The summed E-state index contributed by atoms with van der Waals surface area (Å²) in [5.41, 5.74) is 9.05. The average molecular weight is 352 g/mol. The van der Waals surface area contributed by atoms with Gasteiger partial charge in [0.1, 0.15) is 5.82 Å². The third-order valence-corrected chi connectivity index (χ3v) is 4.63. The standard InChI is InChI=1S/C20H24N4O2/c1-12(24(2)3)13-7-6-8-14(9-13)20-22-16-11-18(26-5)17(25-4)10-15(16)19(21)23-20/h6-12H,1-5H3,(H2,21,22,23). The molecule has 0 spiro atoms. The van der Waals surface area contributed by atoms with Crippen molar-refractivity contribution in [3.05, 3.63) is 42.0 Å². The monoisotopic (exact) mass is 352 g/mol. The van der Waals surface area contributed by atoms with E-state index in [1.54, 1.807) is 20.3 Å². The van der Waals surface area contributed by atoms with Crippen LogP contribution in [0.3, 0.4) is 0 Å². The van der Waals surface area contributed by atoms with Gasteiger partial charge >= 0.3 is 0 Å². The molecule has 6 heteroatoms. The van der Waals surface area contributed by atoms with Crippen LogP contribution < -0.4 is 15.2 Å². The molecule has 0 aliphatic carbocycles. The molecule has 1 aromatic heterocycles. The lowest BCUT2D eigenvalue weighted by Gasteiger charge is -2.20. The number of fused-ring (bicyclic) bond motifs is 1. The lowest BCUT2D eigenvalue weighted by Crippen LogP contribution is -2.16. The zero-order valence-corrected chi connectivity index (χ0v) is 15.8. The minimum atomic E-state index is 0.289. The summed E-state index contributed by atoms with van der Waals surface area (Å²) in [5.74, 6) is 2.22. The van der Waals surface area contributed by atoms with Crippen LogP contribution in [0, 0.1) is 0 Å². The van der Waals surface area contributed by atoms with Gasteiger partial charge in [0.05, 0.1) is 19.7 Å². The van der Waals surface area contributed by atoms with Crippen LogP contribution in [0.15, 0.2) is 36.4 Å². The Balaban J connectivity index is 2.13. The SMILES string of the molecule is COc1cc2nc(-c3cccc(C(C)N(C)C)c3)nc(N)c2cc1OC. The molecule has 3 rings (SSSR count). The lowest BCUT2D eigenvalue weighted by atomic mass is 10.0. The summed E-state index contributed by atoms with van der Waals surface area (Å²) in [7, 11) is 7.30. The highest BCUT2D eigenvalue weighted by Crippen LogP contribution is 2.34. The predicted octanol–water partition coefficient (Wildman–Crippen LogP) is 3.52. The third kappa shape index (κ3) is 3.28. The average Bonchev–Trinajstić information content (AvgIpc) is 2.66. The Morgan fingerprint density at radius 2 is 1.69 bits per heavy atom. The first kappa shape index (κ1) is 17.9. The number of nitrogens with zero attached hydrogens (tertiary/aromatic N) is 3. The largest absolute Gasteiger partial charge is 0.493 e. The Morgan fingerprint density at radius 3 is 2.35 bits per heavy atom. The molecule has 1 unspecified atom stereocenters. The van der Waals surface area contributed by atoms with Crippen molar-refractivity contribution in [2.75, 3.05) is 34.0 Å². The van der Waals surface area contributed by atoms with E-state index in [1.165, 1.54) is 5.56 Å². The van der Waals surface area contributed by atoms with Crippen molar-refractivity contribution in [3.63, 3.8) is 0 Å². The Hall–Kier alpha value is -2.86. The number of nitrogens with two attached hydrogens (primary N) is 1. The molecular weight excluding hydrogens is 328 g/mol. The normalized spacial score (nSPS) is 12.4. The highest BCUT2D eigenvalue weighted by atomic mass is 16.5. The van der Waals surface area contributed by atoms with Crippen molar-refractivity contribution < 1.29 is 9.47 Å². The number of ether oxygens (including phenoxy) is 2. The summed E-state index contributed by atoms with van der Waals surface area (Å²) in [4.78, 5) is 11.4. The number of hydrogen-bond acceptors (Lipinski definition) is 6. The Kier molecular flexibility index (Phi) is 4.95. The maximum absolute atomic E-state index is 6.20. The molecule has 1 atom stereocenters. The van der Waals surface area contributed by atoms with E-state index in [1.807, 2.05) is 18.2 Å². The minimum Gasteiger partial charge on any atom is -0.493 e. The predicted molar refractivity (Wildman–Crippen MR) is 105 cm³/mol. The van der Waals surface area contributed by atoms with Gasteiger partial charge < -0.3 is 20.1 Å². The fraction of sp³-hybridized carbons (Fsp3) is 0.300. The molecule has 2 aromatic carbocycles. The van der Waals surface area contributed by atoms with Gasteiger partial charge in [-0.2, -0.15) is 0 Å². The smallest absolute Gasteiger partial charge is 0.162 e. The maximum atomic E-state index is 6.20. The number of methoxy groups -OCH3 is 2. The topological polar surface area (TPSA) is 73.5 Å². The molecule has 26 heavy (non-hydrogen) atoms. The van der Waals surface area contributed by atoms with Gasteiger partial charge in [0.2, 0.25) is 0 Å². The second-order valence-electron chi connectivity index (χ2n) is 6.42. The number of benzene rings is 2. The molecule has 0 bridgehead atoms. The van der Waals surface area contributed by atoms with Crippen LogP contribution in [0.2, 0.25) is 0 Å². The summed E-state index contributed by atoms with van der Waals surface area (Å²) < 4.78 is 10.7. The van der Waals surface area contributed by atoms with E-state index in [-0.39, 0.29) is 6.04 Å². The van der Waals surface area contributed by atoms with Crippen molar-refractivity contribution in [2.45, 2.75) is 13.0 Å². The van der Waals surface area contributed by atoms with Gasteiger partial charge in [-0.25, -0.2) is 9.97 Å². The van der Waals surface area contributed by atoms with Crippen molar-refractivity contribution in [1.29, 1.82) is 0 Å². The van der Waals surface area contributed by atoms with Crippen LogP contribution in [-0.2, 0) is 0 Å². The first-order valence-corrected chi connectivity index (χ1v) is 8.40. The molecule has 0 saturated heterocycles. The van der Waals surface area contributed by atoms with Crippen molar-refractivity contribution >= 4 is 16.7 Å². The highest BCUT2D eigenvalue weighted by molar-refractivity contribution is 5.92. The van der Waals surface area contributed by atoms with E-state index in [4.69, 9.17) is 20.2 Å². The van der Waals surface area contributed by atoms with Gasteiger partial charge in [0.15, 0.2) is 17.3 Å². The Morgan fingerprint density at radius 1 is 1.00 bits per heavy atom. The molecule has 0 aliphatic heterocycles. The quantitative estimate of drug-likeness (QED) is 0.757. The summed E-state index contributed by atoms with van der Waals surface area (Å²) in [6.07, 6.45) is 0. The van der Waals surface area contributed by atoms with Gasteiger partial charge in [-0.05, 0) is 38.7 Å². The second-order valence-corrected chi connectivity index (χ2v) is 6.42. The number of anilines is 1. The van der Waals surface area contributed by atoms with E-state index in [2.05, 4.69) is 43.0 Å². The van der Waals surface area contributed by atoms with Crippen LogP contribution in [-0.4, -0.2) is 43.2 Å². The van der Waals surface area contributed by atoms with Gasteiger partial charge in [0, 0.05) is 23.1 Å². The third-order valence-electron chi connectivity index (χ3n) is 4.63. The van der Waals surface area contributed by atoms with Crippen LogP contribution >= 0.6 is 0 Å². The zero-order chi connectivity index (χ0) is 18.8. The minimum absolute atomic E-state index is 0.289. The van der Waals surface area contributed by atoms with Crippen molar-refractivity contribution in [3.8, 4) is 22.9 Å². The van der Waals surface area contributed by atoms with E-state index in [9.17, 15) is 0 Å². The summed E-state index contributed by atoms with van der Waals surface area (Å²) in [6, 6.07) is 12.1. The van der Waals surface area contributed by atoms with E-state index >= 15 is 0 Å². The molecule has 0 saturated carbocycles. The number of rotatable bonds is 5. The number of hydrogen-bond donors (Lipinski definition) is 1. The molecule has 0 radical (unpaired) electrons. The highest BCUT2D eigenvalue weighted by Gasteiger charge is 2.14. The Bertz CT molecular complexity index is 940. The van der Waals surface area contributed by atoms with Crippen molar-refractivity contribution in [1.82, 2.24) is 14.9 Å². The maximum Gasteiger partial charge on any atom is 0.162 e. The zero-order valence-electron chi connectivity index (χ0n) is 15.8. The molecule has 0 amide bonds. The van der Waals surface area contributed by atoms with Crippen LogP contribution in [0.4, 0.5) is 5.82 Å². The first-order chi connectivity index (χ1) is 12.4. The number of aromatic nitrogens is 2. The van der Waals surface area contributed by atoms with Crippen LogP contribution in [0.1, 0.15) is 18.5 Å². The molecule has 0 aliphatic rings. The van der Waals surface area contributed by atoms with Crippen molar-refractivity contribution in [2.24, 2.45) is 0 Å². The van der Waals surface area contributed by atoms with E-state index in [0.717, 1.165) is 16.5 Å². The first-order valence-electron chi connectivity index (χ1n) is 8.40. The molecule has 2 N–H and O–H groups in total. The van der Waals surface area contributed by atoms with Gasteiger partial charge in [-0.15, -0.1) is 0 Å². The molecule has 3 aromatic rings. The molecule has 136 valence electrons. The fourth-order valence-electron chi connectivity index (χ4n) is 2.84. The molecule has 1 heterocycles. The fourth-order valence-corrected chi connectivity index (χ4v) is 2.84.